The summed E-state index contributed by atoms with van der Waals surface area (Å²) in [4.78, 5) is 12.0. The number of Topliss-reactive ketones (excluding diaryl/α,β-unsaturated/α-hetero) is 1. The van der Waals surface area contributed by atoms with Gasteiger partial charge in [-0.05, 0) is 36.1 Å². The van der Waals surface area contributed by atoms with E-state index in [2.05, 4.69) is 6.07 Å². The summed E-state index contributed by atoms with van der Waals surface area (Å²) in [6, 6.07) is 7.95. The highest BCUT2D eigenvalue weighted by Crippen LogP contribution is 2.43. The summed E-state index contributed by atoms with van der Waals surface area (Å²) in [5.41, 5.74) is 7.57. The quantitative estimate of drug-likeness (QED) is 0.860. The molecule has 0 aromatic heterocycles. The number of carbonyl (C=O) groups excluding carboxylic acids is 1. The molecule has 0 radical (unpaired) electrons. The monoisotopic (exact) mass is 284 g/mol. The molecule has 1 heterocycles. The van der Waals surface area contributed by atoms with Gasteiger partial charge < -0.3 is 10.5 Å². The fourth-order valence-electron chi connectivity index (χ4n) is 2.87. The number of nitrogens with zero attached hydrogens (tertiary/aromatic N) is 1. The van der Waals surface area contributed by atoms with Gasteiger partial charge in [0.1, 0.15) is 17.5 Å². The van der Waals surface area contributed by atoms with Crippen molar-refractivity contribution >= 4 is 5.78 Å². The summed E-state index contributed by atoms with van der Waals surface area (Å²) in [6.07, 6.45) is 1.81. The van der Waals surface area contributed by atoms with Gasteiger partial charge >= 0.3 is 0 Å². The predicted molar refractivity (Wildman–Crippen MR) is 72.9 cm³/mol. The number of benzene rings is 1. The highest BCUT2D eigenvalue weighted by molar-refractivity contribution is 5.96. The number of halogens is 1. The second kappa shape index (κ2) is 5.06. The fourth-order valence-corrected chi connectivity index (χ4v) is 2.87. The Morgan fingerprint density at radius 1 is 1.29 bits per heavy atom. The molecule has 0 saturated carbocycles. The number of rotatable bonds is 1. The molecule has 21 heavy (non-hydrogen) atoms. The number of allylic oxidation sites excluding steroid dienone is 3. The molecule has 1 aromatic carbocycles. The van der Waals surface area contributed by atoms with E-state index in [9.17, 15) is 14.4 Å². The molecule has 0 bridgehead atoms. The normalized spacial score (nSPS) is 21.7. The summed E-state index contributed by atoms with van der Waals surface area (Å²) in [7, 11) is 0. The third kappa shape index (κ3) is 2.19. The molecule has 2 aliphatic rings. The van der Waals surface area contributed by atoms with Gasteiger partial charge in [-0.2, -0.15) is 5.26 Å². The second-order valence-electron chi connectivity index (χ2n) is 5.11. The Hall–Kier alpha value is -2.61. The molecule has 5 heteroatoms. The molecule has 2 N–H and O–H groups in total. The topological polar surface area (TPSA) is 76.1 Å². The summed E-state index contributed by atoms with van der Waals surface area (Å²) < 4.78 is 18.5. The highest BCUT2D eigenvalue weighted by atomic mass is 19.1. The first-order chi connectivity index (χ1) is 10.1. The lowest BCUT2D eigenvalue weighted by atomic mass is 9.78. The van der Waals surface area contributed by atoms with Crippen molar-refractivity contribution in [2.24, 2.45) is 5.73 Å². The first-order valence-corrected chi connectivity index (χ1v) is 6.71. The maximum absolute atomic E-state index is 13.1. The van der Waals surface area contributed by atoms with Crippen LogP contribution < -0.4 is 5.73 Å². The van der Waals surface area contributed by atoms with Crippen molar-refractivity contribution in [2.75, 3.05) is 0 Å². The third-order valence-corrected chi connectivity index (χ3v) is 3.83. The number of nitriles is 1. The molecular formula is C16H13FN2O2. The molecule has 1 atom stereocenters. The zero-order valence-electron chi connectivity index (χ0n) is 11.2. The van der Waals surface area contributed by atoms with Crippen molar-refractivity contribution in [3.05, 3.63) is 58.4 Å². The van der Waals surface area contributed by atoms with E-state index in [-0.39, 0.29) is 28.8 Å². The second-order valence-corrected chi connectivity index (χ2v) is 5.11. The molecule has 0 spiro atoms. The standard InChI is InChI=1S/C16H13FN2O2/c17-10-6-4-9(5-7-10)14-11-2-1-3-13(20)15(11)21-16(19)12(14)8-18/h4-7,14H,1-3,19H2/t14-/m1/s1. The van der Waals surface area contributed by atoms with E-state index >= 15 is 0 Å². The first kappa shape index (κ1) is 13.4. The Balaban J connectivity index is 2.16. The smallest absolute Gasteiger partial charge is 0.205 e. The third-order valence-electron chi connectivity index (χ3n) is 3.83. The largest absolute Gasteiger partial charge is 0.437 e. The number of hydrogen-bond acceptors (Lipinski definition) is 4. The molecule has 0 saturated heterocycles. The summed E-state index contributed by atoms with van der Waals surface area (Å²) in [5, 5.41) is 9.35. The van der Waals surface area contributed by atoms with Crippen molar-refractivity contribution in [1.29, 1.82) is 5.26 Å². The van der Waals surface area contributed by atoms with Gasteiger partial charge in [-0.1, -0.05) is 12.1 Å². The fraction of sp³-hybridized carbons (Fsp3) is 0.250. The average Bonchev–Trinajstić information content (AvgIpc) is 2.48. The first-order valence-electron chi connectivity index (χ1n) is 6.71. The maximum atomic E-state index is 13.1. The SMILES string of the molecule is N#CC1=C(N)OC2=C(CCCC2=O)[C@H]1c1ccc(F)cc1. The van der Waals surface area contributed by atoms with Crippen LogP contribution in [0.1, 0.15) is 30.7 Å². The van der Waals surface area contributed by atoms with Gasteiger partial charge in [0.25, 0.3) is 0 Å². The highest BCUT2D eigenvalue weighted by Gasteiger charge is 2.36. The van der Waals surface area contributed by atoms with Gasteiger partial charge in [0, 0.05) is 12.3 Å². The summed E-state index contributed by atoms with van der Waals surface area (Å²) in [5.74, 6) is -0.657. The van der Waals surface area contributed by atoms with Crippen LogP contribution in [0.15, 0.2) is 47.1 Å². The van der Waals surface area contributed by atoms with Crippen LogP contribution in [0, 0.1) is 17.1 Å². The van der Waals surface area contributed by atoms with Gasteiger partial charge in [0.15, 0.2) is 11.5 Å². The zero-order chi connectivity index (χ0) is 15.0. The van der Waals surface area contributed by atoms with Gasteiger partial charge in [-0.15, -0.1) is 0 Å². The number of ether oxygens (including phenoxy) is 1. The van der Waals surface area contributed by atoms with E-state index < -0.39 is 5.92 Å². The molecule has 1 aromatic rings. The van der Waals surface area contributed by atoms with E-state index in [0.29, 0.717) is 12.8 Å². The maximum Gasteiger partial charge on any atom is 0.205 e. The van der Waals surface area contributed by atoms with Crippen LogP contribution in [-0.2, 0) is 9.53 Å². The minimum Gasteiger partial charge on any atom is -0.437 e. The lowest BCUT2D eigenvalue weighted by Gasteiger charge is -2.31. The molecule has 4 nitrogen and oxygen atoms in total. The minimum absolute atomic E-state index is 0.0409. The molecule has 1 aliphatic heterocycles. The van der Waals surface area contributed by atoms with E-state index in [0.717, 1.165) is 17.6 Å². The summed E-state index contributed by atoms with van der Waals surface area (Å²) >= 11 is 0. The Morgan fingerprint density at radius 3 is 2.67 bits per heavy atom. The van der Waals surface area contributed by atoms with Crippen LogP contribution in [0.4, 0.5) is 4.39 Å². The predicted octanol–water partition coefficient (Wildman–Crippen LogP) is 2.64. The van der Waals surface area contributed by atoms with Crippen molar-refractivity contribution < 1.29 is 13.9 Å². The molecular weight excluding hydrogens is 271 g/mol. The van der Waals surface area contributed by atoms with E-state index in [1.54, 1.807) is 12.1 Å². The Bertz CT molecular complexity index is 711. The van der Waals surface area contributed by atoms with Gasteiger partial charge in [0.05, 0.1) is 0 Å². The van der Waals surface area contributed by atoms with Crippen molar-refractivity contribution in [3.8, 4) is 6.07 Å². The number of hydrogen-bond donors (Lipinski definition) is 1. The van der Waals surface area contributed by atoms with Gasteiger partial charge in [-0.3, -0.25) is 4.79 Å². The summed E-state index contributed by atoms with van der Waals surface area (Å²) in [6.45, 7) is 0. The Labute approximate surface area is 121 Å². The van der Waals surface area contributed by atoms with Gasteiger partial charge in [-0.25, -0.2) is 4.39 Å². The molecule has 0 unspecified atom stereocenters. The lowest BCUT2D eigenvalue weighted by Crippen LogP contribution is -2.26. The zero-order valence-corrected chi connectivity index (χ0v) is 11.2. The Morgan fingerprint density at radius 2 is 2.00 bits per heavy atom. The van der Waals surface area contributed by atoms with Crippen LogP contribution in [0.2, 0.25) is 0 Å². The van der Waals surface area contributed by atoms with Gasteiger partial charge in [0.2, 0.25) is 5.88 Å². The molecule has 1 aliphatic carbocycles. The van der Waals surface area contributed by atoms with Crippen LogP contribution in [0.5, 0.6) is 0 Å². The molecule has 0 amide bonds. The van der Waals surface area contributed by atoms with E-state index in [4.69, 9.17) is 10.5 Å². The molecule has 106 valence electrons. The Kier molecular flexibility index (Phi) is 3.22. The lowest BCUT2D eigenvalue weighted by molar-refractivity contribution is -0.119. The van der Waals surface area contributed by atoms with Crippen LogP contribution in [-0.4, -0.2) is 5.78 Å². The number of carbonyl (C=O) groups is 1. The molecule has 0 fully saturated rings. The number of nitrogens with two attached hydrogens (primary N) is 1. The molecule has 3 rings (SSSR count). The average molecular weight is 284 g/mol. The number of ketones is 1. The van der Waals surface area contributed by atoms with Crippen molar-refractivity contribution in [2.45, 2.75) is 25.2 Å². The van der Waals surface area contributed by atoms with E-state index in [1.807, 2.05) is 0 Å². The van der Waals surface area contributed by atoms with Crippen molar-refractivity contribution in [1.82, 2.24) is 0 Å². The van der Waals surface area contributed by atoms with E-state index in [1.165, 1.54) is 12.1 Å². The van der Waals surface area contributed by atoms with Crippen LogP contribution in [0.3, 0.4) is 0 Å². The van der Waals surface area contributed by atoms with Crippen molar-refractivity contribution in [3.63, 3.8) is 0 Å². The van der Waals surface area contributed by atoms with Crippen LogP contribution >= 0.6 is 0 Å². The van der Waals surface area contributed by atoms with Crippen LogP contribution in [0.25, 0.3) is 0 Å². The minimum atomic E-state index is -0.427.